The van der Waals surface area contributed by atoms with Gasteiger partial charge in [-0.25, -0.2) is 0 Å². The molecular formula is C16H32N2O2. The van der Waals surface area contributed by atoms with Gasteiger partial charge in [0, 0.05) is 25.7 Å². The summed E-state index contributed by atoms with van der Waals surface area (Å²) in [5, 5.41) is 0. The Bertz CT molecular complexity index is 292. The fourth-order valence-electron chi connectivity index (χ4n) is 3.29. The predicted octanol–water partition coefficient (Wildman–Crippen LogP) is 2.41. The number of nitrogens with zero attached hydrogens (tertiary/aromatic N) is 1. The van der Waals surface area contributed by atoms with Crippen LogP contribution in [0.4, 0.5) is 0 Å². The largest absolute Gasteiger partial charge is 0.383 e. The van der Waals surface area contributed by atoms with Crippen molar-refractivity contribution in [1.82, 2.24) is 4.90 Å². The highest BCUT2D eigenvalue weighted by atomic mass is 16.5. The molecule has 0 radical (unpaired) electrons. The third kappa shape index (κ3) is 4.45. The van der Waals surface area contributed by atoms with E-state index in [2.05, 4.69) is 20.8 Å². The van der Waals surface area contributed by atoms with Crippen LogP contribution in [0, 0.1) is 11.8 Å². The Kier molecular flexibility index (Phi) is 7.52. The highest BCUT2D eigenvalue weighted by Gasteiger charge is 2.35. The van der Waals surface area contributed by atoms with Crippen LogP contribution < -0.4 is 5.73 Å². The number of nitrogens with two attached hydrogens (primary N) is 1. The zero-order valence-corrected chi connectivity index (χ0v) is 13.6. The normalized spacial score (nSPS) is 26.8. The van der Waals surface area contributed by atoms with Crippen molar-refractivity contribution in [3.63, 3.8) is 0 Å². The molecule has 0 saturated heterocycles. The van der Waals surface area contributed by atoms with E-state index in [1.165, 1.54) is 0 Å². The topological polar surface area (TPSA) is 55.6 Å². The molecule has 1 saturated carbocycles. The monoisotopic (exact) mass is 284 g/mol. The summed E-state index contributed by atoms with van der Waals surface area (Å²) in [6.07, 6.45) is 5.03. The molecule has 20 heavy (non-hydrogen) atoms. The minimum absolute atomic E-state index is 0.00351. The van der Waals surface area contributed by atoms with Gasteiger partial charge in [-0.05, 0) is 38.0 Å². The van der Waals surface area contributed by atoms with Crippen LogP contribution in [0.15, 0.2) is 0 Å². The Labute approximate surface area is 124 Å². The van der Waals surface area contributed by atoms with E-state index >= 15 is 0 Å². The van der Waals surface area contributed by atoms with Gasteiger partial charge in [0.15, 0.2) is 0 Å². The minimum Gasteiger partial charge on any atom is -0.383 e. The van der Waals surface area contributed by atoms with Gasteiger partial charge in [-0.2, -0.15) is 0 Å². The van der Waals surface area contributed by atoms with Gasteiger partial charge >= 0.3 is 0 Å². The summed E-state index contributed by atoms with van der Waals surface area (Å²) in [6.45, 7) is 7.79. The quantitative estimate of drug-likeness (QED) is 0.781. The molecule has 0 aromatic carbocycles. The first-order valence-electron chi connectivity index (χ1n) is 8.10. The Balaban J connectivity index is 2.79. The van der Waals surface area contributed by atoms with E-state index in [1.807, 2.05) is 4.90 Å². The zero-order valence-electron chi connectivity index (χ0n) is 13.6. The molecule has 0 bridgehead atoms. The first-order valence-corrected chi connectivity index (χ1v) is 8.10. The molecule has 1 fully saturated rings. The van der Waals surface area contributed by atoms with Crippen molar-refractivity contribution in [2.24, 2.45) is 17.6 Å². The number of rotatable bonds is 7. The molecule has 2 N–H and O–H groups in total. The number of carbonyl (C=O) groups is 1. The second kappa shape index (κ2) is 8.63. The molecule has 4 heteroatoms. The summed E-state index contributed by atoms with van der Waals surface area (Å²) in [7, 11) is 1.68. The van der Waals surface area contributed by atoms with Crippen molar-refractivity contribution in [1.29, 1.82) is 0 Å². The van der Waals surface area contributed by atoms with Crippen LogP contribution >= 0.6 is 0 Å². The zero-order chi connectivity index (χ0) is 15.1. The Morgan fingerprint density at radius 2 is 2.00 bits per heavy atom. The van der Waals surface area contributed by atoms with Crippen LogP contribution in [0.3, 0.4) is 0 Å². The van der Waals surface area contributed by atoms with Gasteiger partial charge in [0.05, 0.1) is 12.5 Å². The maximum Gasteiger partial charge on any atom is 0.227 e. The smallest absolute Gasteiger partial charge is 0.227 e. The third-order valence-corrected chi connectivity index (χ3v) is 4.69. The number of hydrogen-bond donors (Lipinski definition) is 1. The molecule has 0 aromatic rings. The summed E-state index contributed by atoms with van der Waals surface area (Å²) < 4.78 is 5.17. The lowest BCUT2D eigenvalue weighted by atomic mass is 9.78. The Morgan fingerprint density at radius 1 is 1.35 bits per heavy atom. The van der Waals surface area contributed by atoms with Gasteiger partial charge in [0.25, 0.3) is 0 Å². The molecular weight excluding hydrogens is 252 g/mol. The molecule has 0 heterocycles. The van der Waals surface area contributed by atoms with E-state index in [9.17, 15) is 4.79 Å². The van der Waals surface area contributed by atoms with Crippen LogP contribution in [0.2, 0.25) is 0 Å². The maximum absolute atomic E-state index is 12.9. The van der Waals surface area contributed by atoms with E-state index in [0.29, 0.717) is 25.1 Å². The van der Waals surface area contributed by atoms with E-state index in [1.54, 1.807) is 7.11 Å². The molecule has 1 amide bonds. The van der Waals surface area contributed by atoms with E-state index < -0.39 is 0 Å². The second-order valence-electron chi connectivity index (χ2n) is 6.18. The lowest BCUT2D eigenvalue weighted by Gasteiger charge is -2.38. The molecule has 118 valence electrons. The highest BCUT2D eigenvalue weighted by molar-refractivity contribution is 5.80. The summed E-state index contributed by atoms with van der Waals surface area (Å²) >= 11 is 0. The number of carbonyl (C=O) groups excluding carboxylic acids is 1. The lowest BCUT2D eigenvalue weighted by Crippen LogP contribution is -2.51. The molecule has 1 aliphatic rings. The molecule has 0 spiro atoms. The van der Waals surface area contributed by atoms with Crippen molar-refractivity contribution in [2.75, 3.05) is 20.3 Å². The lowest BCUT2D eigenvalue weighted by molar-refractivity contribution is -0.141. The van der Waals surface area contributed by atoms with E-state index in [0.717, 1.165) is 32.1 Å². The number of hydrogen-bond acceptors (Lipinski definition) is 3. The van der Waals surface area contributed by atoms with Crippen molar-refractivity contribution < 1.29 is 9.53 Å². The number of ether oxygens (including phenoxy) is 1. The first-order chi connectivity index (χ1) is 9.54. The van der Waals surface area contributed by atoms with Gasteiger partial charge in [-0.1, -0.05) is 20.8 Å². The summed E-state index contributed by atoms with van der Waals surface area (Å²) in [5.74, 6) is 0.848. The van der Waals surface area contributed by atoms with Gasteiger partial charge in [0.2, 0.25) is 5.91 Å². The van der Waals surface area contributed by atoms with Crippen molar-refractivity contribution in [2.45, 2.75) is 65.0 Å². The molecule has 3 unspecified atom stereocenters. The Morgan fingerprint density at radius 3 is 2.55 bits per heavy atom. The van der Waals surface area contributed by atoms with Crippen LogP contribution in [0.25, 0.3) is 0 Å². The second-order valence-corrected chi connectivity index (χ2v) is 6.18. The maximum atomic E-state index is 12.9. The average molecular weight is 284 g/mol. The highest BCUT2D eigenvalue weighted by Crippen LogP contribution is 2.30. The summed E-state index contributed by atoms with van der Waals surface area (Å²) in [5.41, 5.74) is 6.21. The van der Waals surface area contributed by atoms with Gasteiger partial charge in [-0.15, -0.1) is 0 Å². The van der Waals surface area contributed by atoms with Crippen LogP contribution in [0.1, 0.15) is 52.9 Å². The average Bonchev–Trinajstić information content (AvgIpc) is 2.45. The predicted molar refractivity (Wildman–Crippen MR) is 82.4 cm³/mol. The Hall–Kier alpha value is -0.610. The molecule has 1 aliphatic carbocycles. The van der Waals surface area contributed by atoms with Crippen LogP contribution in [-0.4, -0.2) is 43.2 Å². The first kappa shape index (κ1) is 17.4. The van der Waals surface area contributed by atoms with Crippen LogP contribution in [0.5, 0.6) is 0 Å². The summed E-state index contributed by atoms with van der Waals surface area (Å²) in [6, 6.07) is 0.334. The minimum atomic E-state index is -0.00351. The van der Waals surface area contributed by atoms with Gasteiger partial charge < -0.3 is 15.4 Å². The summed E-state index contributed by atoms with van der Waals surface area (Å²) in [4.78, 5) is 14.9. The fourth-order valence-corrected chi connectivity index (χ4v) is 3.29. The molecule has 0 aliphatic heterocycles. The standard InChI is InChI=1S/C16H32N2O2/c1-5-13(6-2)18(9-10-20-4)16(19)14-11-12(3)7-8-15(14)17/h12-15H,5-11,17H2,1-4H3. The van der Waals surface area contributed by atoms with Gasteiger partial charge in [-0.3, -0.25) is 4.79 Å². The van der Waals surface area contributed by atoms with Crippen molar-refractivity contribution in [3.8, 4) is 0 Å². The van der Waals surface area contributed by atoms with Gasteiger partial charge in [0.1, 0.15) is 0 Å². The van der Waals surface area contributed by atoms with E-state index in [4.69, 9.17) is 10.5 Å². The van der Waals surface area contributed by atoms with Crippen LogP contribution in [-0.2, 0) is 9.53 Å². The number of methoxy groups -OCH3 is 1. The SMILES string of the molecule is CCC(CC)N(CCOC)C(=O)C1CC(C)CCC1N. The number of amides is 1. The molecule has 0 aromatic heterocycles. The fraction of sp³-hybridized carbons (Fsp3) is 0.938. The van der Waals surface area contributed by atoms with Crippen molar-refractivity contribution in [3.05, 3.63) is 0 Å². The molecule has 1 rings (SSSR count). The molecule has 3 atom stereocenters. The third-order valence-electron chi connectivity index (χ3n) is 4.69. The van der Waals surface area contributed by atoms with Crippen molar-refractivity contribution >= 4 is 5.91 Å². The molecule has 4 nitrogen and oxygen atoms in total. The van der Waals surface area contributed by atoms with E-state index in [-0.39, 0.29) is 17.9 Å².